The quantitative estimate of drug-likeness (QED) is 0.609. The molecule has 0 saturated carbocycles. The summed E-state index contributed by atoms with van der Waals surface area (Å²) in [5.74, 6) is 0.330. The molecular formula is C23H39NO4. The lowest BCUT2D eigenvalue weighted by molar-refractivity contribution is -0.140. The van der Waals surface area contributed by atoms with Crippen LogP contribution in [0.15, 0.2) is 12.1 Å². The van der Waals surface area contributed by atoms with Crippen molar-refractivity contribution in [2.24, 2.45) is 0 Å². The van der Waals surface area contributed by atoms with Crippen molar-refractivity contribution in [2.75, 3.05) is 19.8 Å². The van der Waals surface area contributed by atoms with Crippen molar-refractivity contribution in [3.8, 4) is 5.75 Å². The van der Waals surface area contributed by atoms with Gasteiger partial charge in [-0.3, -0.25) is 4.79 Å². The number of benzene rings is 1. The van der Waals surface area contributed by atoms with E-state index in [9.17, 15) is 9.90 Å². The van der Waals surface area contributed by atoms with Crippen molar-refractivity contribution in [3.05, 3.63) is 28.8 Å². The normalized spacial score (nSPS) is 12.5. The molecule has 28 heavy (non-hydrogen) atoms. The van der Waals surface area contributed by atoms with E-state index in [-0.39, 0.29) is 16.7 Å². The summed E-state index contributed by atoms with van der Waals surface area (Å²) in [6.45, 7) is 17.8. The van der Waals surface area contributed by atoms with E-state index in [1.807, 2.05) is 26.0 Å². The third-order valence-corrected chi connectivity index (χ3v) is 4.60. The molecule has 0 unspecified atom stereocenters. The summed E-state index contributed by atoms with van der Waals surface area (Å²) in [5, 5.41) is 13.7. The molecule has 1 aromatic carbocycles. The van der Waals surface area contributed by atoms with Gasteiger partial charge < -0.3 is 19.9 Å². The highest BCUT2D eigenvalue weighted by molar-refractivity contribution is 5.76. The summed E-state index contributed by atoms with van der Waals surface area (Å²) in [6, 6.07) is 4.06. The van der Waals surface area contributed by atoms with Gasteiger partial charge >= 0.3 is 0 Å². The first-order chi connectivity index (χ1) is 12.9. The van der Waals surface area contributed by atoms with Crippen LogP contribution in [0.25, 0.3) is 0 Å². The highest BCUT2D eigenvalue weighted by Crippen LogP contribution is 2.39. The molecule has 0 atom stereocenters. The first-order valence-corrected chi connectivity index (χ1v) is 10.3. The van der Waals surface area contributed by atoms with Crippen LogP contribution >= 0.6 is 0 Å². The number of aromatic hydroxyl groups is 1. The number of phenols is 1. The average molecular weight is 394 g/mol. The zero-order chi connectivity index (χ0) is 21.5. The monoisotopic (exact) mass is 393 g/mol. The van der Waals surface area contributed by atoms with E-state index in [0.29, 0.717) is 38.3 Å². The Morgan fingerprint density at radius 1 is 1.00 bits per heavy atom. The molecule has 0 heterocycles. The van der Waals surface area contributed by atoms with E-state index in [1.165, 1.54) is 0 Å². The number of rotatable bonds is 9. The highest BCUT2D eigenvalue weighted by atomic mass is 16.7. The maximum atomic E-state index is 12.3. The van der Waals surface area contributed by atoms with Crippen LogP contribution in [0.5, 0.6) is 5.75 Å². The Balaban J connectivity index is 2.87. The predicted molar refractivity (Wildman–Crippen MR) is 114 cm³/mol. The Hall–Kier alpha value is -1.59. The largest absolute Gasteiger partial charge is 0.507 e. The summed E-state index contributed by atoms with van der Waals surface area (Å²) >= 11 is 0. The molecule has 160 valence electrons. The van der Waals surface area contributed by atoms with Gasteiger partial charge in [0.1, 0.15) is 5.75 Å². The van der Waals surface area contributed by atoms with E-state index < -0.39 is 6.29 Å². The number of phenolic OH excluding ortho intramolecular Hbond substituents is 1. The van der Waals surface area contributed by atoms with Crippen molar-refractivity contribution >= 4 is 5.91 Å². The molecule has 0 aliphatic carbocycles. The van der Waals surface area contributed by atoms with Gasteiger partial charge in [-0.2, -0.15) is 0 Å². The number of aryl methyl sites for hydroxylation is 1. The maximum Gasteiger partial charge on any atom is 0.220 e. The molecule has 0 fully saturated rings. The molecule has 5 nitrogen and oxygen atoms in total. The summed E-state index contributed by atoms with van der Waals surface area (Å²) < 4.78 is 10.9. The molecular weight excluding hydrogens is 354 g/mol. The van der Waals surface area contributed by atoms with Crippen LogP contribution in [0.3, 0.4) is 0 Å². The first kappa shape index (κ1) is 24.4. The third kappa shape index (κ3) is 7.44. The molecule has 0 bridgehead atoms. The number of amides is 1. The number of hydrogen-bond acceptors (Lipinski definition) is 4. The second-order valence-electron chi connectivity index (χ2n) is 9.18. The van der Waals surface area contributed by atoms with Gasteiger partial charge in [-0.1, -0.05) is 53.7 Å². The molecule has 0 aromatic heterocycles. The van der Waals surface area contributed by atoms with Crippen LogP contribution in [-0.4, -0.2) is 37.1 Å². The Kier molecular flexibility index (Phi) is 8.96. The Bertz CT molecular complexity index is 600. The van der Waals surface area contributed by atoms with Gasteiger partial charge in [-0.05, 0) is 47.8 Å². The predicted octanol–water partition coefficient (Wildman–Crippen LogP) is 4.44. The molecule has 0 spiro atoms. The second-order valence-corrected chi connectivity index (χ2v) is 9.18. The zero-order valence-electron chi connectivity index (χ0n) is 18.9. The number of nitrogens with one attached hydrogen (secondary N) is 1. The van der Waals surface area contributed by atoms with Crippen molar-refractivity contribution in [3.63, 3.8) is 0 Å². The SMILES string of the molecule is CCOC(CNC(=O)CCc1cc(C(C)(C)C)c(O)c(C(C)(C)C)c1)OCC. The Morgan fingerprint density at radius 2 is 1.46 bits per heavy atom. The minimum atomic E-state index is -0.410. The standard InChI is InChI=1S/C23H39NO4/c1-9-27-20(28-10-2)15-24-19(25)12-11-16-13-17(22(3,4)5)21(26)18(14-16)23(6,7)8/h13-14,20,26H,9-12,15H2,1-8H3,(H,24,25). The van der Waals surface area contributed by atoms with E-state index in [1.54, 1.807) is 0 Å². The van der Waals surface area contributed by atoms with E-state index in [4.69, 9.17) is 9.47 Å². The minimum absolute atomic E-state index is 0.0351. The number of carbonyl (C=O) groups is 1. The molecule has 1 amide bonds. The van der Waals surface area contributed by atoms with Crippen LogP contribution < -0.4 is 5.32 Å². The van der Waals surface area contributed by atoms with Gasteiger partial charge in [0.05, 0.1) is 6.54 Å². The van der Waals surface area contributed by atoms with Crippen LogP contribution in [0, 0.1) is 0 Å². The molecule has 0 aliphatic rings. The van der Waals surface area contributed by atoms with Crippen molar-refractivity contribution < 1.29 is 19.4 Å². The number of hydrogen-bond donors (Lipinski definition) is 2. The average Bonchev–Trinajstić information content (AvgIpc) is 2.57. The fraction of sp³-hybridized carbons (Fsp3) is 0.696. The molecule has 0 radical (unpaired) electrons. The van der Waals surface area contributed by atoms with Crippen molar-refractivity contribution in [1.82, 2.24) is 5.32 Å². The maximum absolute atomic E-state index is 12.3. The summed E-state index contributed by atoms with van der Waals surface area (Å²) in [7, 11) is 0. The highest BCUT2D eigenvalue weighted by Gasteiger charge is 2.26. The van der Waals surface area contributed by atoms with Gasteiger partial charge in [-0.15, -0.1) is 0 Å². The molecule has 2 N–H and O–H groups in total. The van der Waals surface area contributed by atoms with Crippen LogP contribution in [0.1, 0.15) is 78.5 Å². The smallest absolute Gasteiger partial charge is 0.220 e. The fourth-order valence-electron chi connectivity index (χ4n) is 3.06. The molecule has 1 rings (SSSR count). The van der Waals surface area contributed by atoms with E-state index >= 15 is 0 Å². The van der Waals surface area contributed by atoms with Gasteiger partial charge in [0.15, 0.2) is 6.29 Å². The van der Waals surface area contributed by atoms with Gasteiger partial charge in [-0.25, -0.2) is 0 Å². The number of ether oxygens (including phenoxy) is 2. The summed E-state index contributed by atoms with van der Waals surface area (Å²) in [6.07, 6.45) is 0.586. The molecule has 0 aliphatic heterocycles. The van der Waals surface area contributed by atoms with E-state index in [0.717, 1.165) is 16.7 Å². The Morgan fingerprint density at radius 3 is 1.86 bits per heavy atom. The van der Waals surface area contributed by atoms with Crippen LogP contribution in [0.4, 0.5) is 0 Å². The van der Waals surface area contributed by atoms with Crippen molar-refractivity contribution in [1.29, 1.82) is 0 Å². The fourth-order valence-corrected chi connectivity index (χ4v) is 3.06. The van der Waals surface area contributed by atoms with Gasteiger partial charge in [0.2, 0.25) is 5.91 Å². The Labute approximate surface area is 170 Å². The molecule has 0 saturated heterocycles. The summed E-state index contributed by atoms with van der Waals surface area (Å²) in [4.78, 5) is 12.3. The van der Waals surface area contributed by atoms with E-state index in [2.05, 4.69) is 46.9 Å². The minimum Gasteiger partial charge on any atom is -0.507 e. The van der Waals surface area contributed by atoms with Gasteiger partial charge in [0.25, 0.3) is 0 Å². The third-order valence-electron chi connectivity index (χ3n) is 4.60. The van der Waals surface area contributed by atoms with Crippen LogP contribution in [0.2, 0.25) is 0 Å². The summed E-state index contributed by atoms with van der Waals surface area (Å²) in [5.41, 5.74) is 2.55. The lowest BCUT2D eigenvalue weighted by Gasteiger charge is -2.28. The lowest BCUT2D eigenvalue weighted by Crippen LogP contribution is -2.35. The lowest BCUT2D eigenvalue weighted by atomic mass is 9.78. The topological polar surface area (TPSA) is 67.8 Å². The first-order valence-electron chi connectivity index (χ1n) is 10.3. The zero-order valence-corrected chi connectivity index (χ0v) is 18.9. The van der Waals surface area contributed by atoms with Crippen LogP contribution in [-0.2, 0) is 31.5 Å². The molecule has 1 aromatic rings. The number of carbonyl (C=O) groups excluding carboxylic acids is 1. The van der Waals surface area contributed by atoms with Gasteiger partial charge in [0, 0.05) is 19.6 Å². The van der Waals surface area contributed by atoms with Crippen molar-refractivity contribution in [2.45, 2.75) is 85.4 Å². The second kappa shape index (κ2) is 10.3. The molecule has 5 heteroatoms.